The number of benzene rings is 2. The van der Waals surface area contributed by atoms with E-state index in [1.165, 1.54) is 6.07 Å². The van der Waals surface area contributed by atoms with Crippen LogP contribution in [0.1, 0.15) is 12.5 Å². The molecule has 0 aromatic heterocycles. The van der Waals surface area contributed by atoms with Crippen LogP contribution in [-0.4, -0.2) is 12.6 Å². The van der Waals surface area contributed by atoms with Gasteiger partial charge in [-0.05, 0) is 37.3 Å². The van der Waals surface area contributed by atoms with Crippen molar-refractivity contribution in [1.29, 1.82) is 0 Å². The van der Waals surface area contributed by atoms with Gasteiger partial charge in [0.15, 0.2) is 0 Å². The zero-order chi connectivity index (χ0) is 16.2. The predicted molar refractivity (Wildman–Crippen MR) is 81.5 cm³/mol. The summed E-state index contributed by atoms with van der Waals surface area (Å²) >= 11 is 5.99. The number of halogens is 4. The quantitative estimate of drug-likeness (QED) is 0.810. The van der Waals surface area contributed by atoms with Crippen molar-refractivity contribution in [3.63, 3.8) is 0 Å². The summed E-state index contributed by atoms with van der Waals surface area (Å²) in [5.41, 5.74) is -0.290. The first-order valence-electron chi connectivity index (χ1n) is 6.68. The summed E-state index contributed by atoms with van der Waals surface area (Å²) in [6, 6.07) is 12.1. The van der Waals surface area contributed by atoms with E-state index < -0.39 is 11.7 Å². The lowest BCUT2D eigenvalue weighted by atomic mass is 10.2. The topological polar surface area (TPSA) is 21.3 Å². The number of alkyl halides is 3. The number of ether oxygens (including phenoxy) is 1. The molecule has 1 N–H and O–H groups in total. The first-order chi connectivity index (χ1) is 10.4. The van der Waals surface area contributed by atoms with Crippen molar-refractivity contribution in [2.24, 2.45) is 0 Å². The van der Waals surface area contributed by atoms with Crippen LogP contribution in [0.2, 0.25) is 5.02 Å². The lowest BCUT2D eigenvalue weighted by Gasteiger charge is -2.17. The molecule has 0 aliphatic rings. The third-order valence-corrected chi connectivity index (χ3v) is 3.26. The number of nitrogens with one attached hydrogen (secondary N) is 1. The van der Waals surface area contributed by atoms with Gasteiger partial charge in [-0.1, -0.05) is 29.8 Å². The minimum atomic E-state index is -4.35. The van der Waals surface area contributed by atoms with Crippen molar-refractivity contribution in [1.82, 2.24) is 0 Å². The van der Waals surface area contributed by atoms with Crippen LogP contribution in [0.5, 0.6) is 5.75 Å². The van der Waals surface area contributed by atoms with E-state index >= 15 is 0 Å². The van der Waals surface area contributed by atoms with E-state index in [9.17, 15) is 13.2 Å². The molecule has 1 atom stereocenters. The maximum atomic E-state index is 12.6. The molecule has 0 aliphatic heterocycles. The minimum absolute atomic E-state index is 0.255. The monoisotopic (exact) mass is 329 g/mol. The Morgan fingerprint density at radius 3 is 2.55 bits per heavy atom. The third kappa shape index (κ3) is 4.56. The van der Waals surface area contributed by atoms with Crippen LogP contribution >= 0.6 is 11.6 Å². The molecule has 0 heterocycles. The third-order valence-electron chi connectivity index (χ3n) is 2.95. The normalized spacial score (nSPS) is 12.8. The molecule has 118 valence electrons. The van der Waals surface area contributed by atoms with E-state index in [4.69, 9.17) is 16.3 Å². The molecule has 2 nitrogen and oxygen atoms in total. The zero-order valence-electron chi connectivity index (χ0n) is 11.8. The molecule has 0 aliphatic carbocycles. The molecule has 22 heavy (non-hydrogen) atoms. The van der Waals surface area contributed by atoms with Crippen molar-refractivity contribution < 1.29 is 17.9 Å². The summed E-state index contributed by atoms with van der Waals surface area (Å²) in [6.45, 7) is 2.16. The van der Waals surface area contributed by atoms with Crippen LogP contribution < -0.4 is 10.1 Å². The zero-order valence-corrected chi connectivity index (χ0v) is 12.6. The van der Waals surface area contributed by atoms with Crippen LogP contribution in [0.25, 0.3) is 0 Å². The van der Waals surface area contributed by atoms with Gasteiger partial charge in [0.05, 0.1) is 17.1 Å². The Morgan fingerprint density at radius 1 is 1.14 bits per heavy atom. The Balaban J connectivity index is 1.94. The van der Waals surface area contributed by atoms with Gasteiger partial charge in [-0.2, -0.15) is 13.2 Å². The summed E-state index contributed by atoms with van der Waals surface area (Å²) in [6.07, 6.45) is -4.60. The van der Waals surface area contributed by atoms with E-state index in [1.807, 2.05) is 6.92 Å². The van der Waals surface area contributed by atoms with Gasteiger partial charge in [0, 0.05) is 5.69 Å². The minimum Gasteiger partial charge on any atom is -0.487 e. The van der Waals surface area contributed by atoms with Gasteiger partial charge >= 0.3 is 6.18 Å². The summed E-state index contributed by atoms with van der Waals surface area (Å²) < 4.78 is 43.5. The summed E-state index contributed by atoms with van der Waals surface area (Å²) in [7, 11) is 0. The Labute approximate surface area is 131 Å². The summed E-state index contributed by atoms with van der Waals surface area (Å²) in [5.74, 6) is 0.544. The fourth-order valence-corrected chi connectivity index (χ4v) is 2.05. The summed E-state index contributed by atoms with van der Waals surface area (Å²) in [5, 5.41) is 3.42. The van der Waals surface area contributed by atoms with Crippen LogP contribution in [0.4, 0.5) is 18.9 Å². The van der Waals surface area contributed by atoms with Gasteiger partial charge < -0.3 is 10.1 Å². The largest absolute Gasteiger partial charge is 0.487 e. The van der Waals surface area contributed by atoms with E-state index in [-0.39, 0.29) is 6.10 Å². The van der Waals surface area contributed by atoms with Crippen molar-refractivity contribution in [3.8, 4) is 5.75 Å². The Morgan fingerprint density at radius 2 is 1.86 bits per heavy atom. The van der Waals surface area contributed by atoms with Gasteiger partial charge in [-0.15, -0.1) is 0 Å². The predicted octanol–water partition coefficient (Wildman–Crippen LogP) is 5.24. The smallest absolute Gasteiger partial charge is 0.416 e. The Bertz CT molecular complexity index is 631. The van der Waals surface area contributed by atoms with E-state index in [1.54, 1.807) is 30.3 Å². The maximum Gasteiger partial charge on any atom is 0.416 e. The first kappa shape index (κ1) is 16.5. The molecule has 2 aromatic rings. The molecule has 0 unspecified atom stereocenters. The highest BCUT2D eigenvalue weighted by Crippen LogP contribution is 2.30. The standard InChI is InChI=1S/C16H15ClF3NO/c1-11(22-15-8-3-2-7-14(15)17)10-21-13-6-4-5-12(9-13)16(18,19)20/h2-9,11,21H,10H2,1H3/t11-/m1/s1. The second kappa shape index (κ2) is 6.92. The number of rotatable bonds is 5. The van der Waals surface area contributed by atoms with Crippen LogP contribution in [0.3, 0.4) is 0 Å². The van der Waals surface area contributed by atoms with Gasteiger partial charge in [-0.3, -0.25) is 0 Å². The maximum absolute atomic E-state index is 12.6. The Hall–Kier alpha value is -1.88. The highest BCUT2D eigenvalue weighted by molar-refractivity contribution is 6.32. The number of anilines is 1. The lowest BCUT2D eigenvalue weighted by molar-refractivity contribution is -0.137. The molecule has 6 heteroatoms. The van der Waals surface area contributed by atoms with E-state index in [2.05, 4.69) is 5.32 Å². The number of hydrogen-bond donors (Lipinski definition) is 1. The molecule has 0 amide bonds. The van der Waals surface area contributed by atoms with E-state index in [0.717, 1.165) is 12.1 Å². The van der Waals surface area contributed by atoms with Crippen molar-refractivity contribution >= 4 is 17.3 Å². The van der Waals surface area contributed by atoms with Gasteiger partial charge in [0.1, 0.15) is 11.9 Å². The average Bonchev–Trinajstić information content (AvgIpc) is 2.47. The lowest BCUT2D eigenvalue weighted by Crippen LogP contribution is -2.23. The summed E-state index contributed by atoms with van der Waals surface area (Å²) in [4.78, 5) is 0. The van der Waals surface area contributed by atoms with Crippen molar-refractivity contribution in [3.05, 3.63) is 59.1 Å². The average molecular weight is 330 g/mol. The molecular weight excluding hydrogens is 315 g/mol. The SMILES string of the molecule is C[C@H](CNc1cccc(C(F)(F)F)c1)Oc1ccccc1Cl. The molecule has 0 spiro atoms. The van der Waals surface area contributed by atoms with Gasteiger partial charge in [-0.25, -0.2) is 0 Å². The fraction of sp³-hybridized carbons (Fsp3) is 0.250. The van der Waals surface area contributed by atoms with Gasteiger partial charge in [0.25, 0.3) is 0 Å². The molecule has 0 bridgehead atoms. The first-order valence-corrected chi connectivity index (χ1v) is 7.06. The van der Waals surface area contributed by atoms with Crippen molar-refractivity contribution in [2.45, 2.75) is 19.2 Å². The molecule has 0 saturated heterocycles. The molecule has 0 fully saturated rings. The fourth-order valence-electron chi connectivity index (χ4n) is 1.87. The highest BCUT2D eigenvalue weighted by Gasteiger charge is 2.30. The van der Waals surface area contributed by atoms with Crippen LogP contribution in [0.15, 0.2) is 48.5 Å². The van der Waals surface area contributed by atoms with Crippen LogP contribution in [0, 0.1) is 0 Å². The molecule has 2 rings (SSSR count). The number of para-hydroxylation sites is 1. The molecular formula is C16H15ClF3NO. The Kier molecular flexibility index (Phi) is 5.19. The van der Waals surface area contributed by atoms with Crippen molar-refractivity contribution in [2.75, 3.05) is 11.9 Å². The highest BCUT2D eigenvalue weighted by atomic mass is 35.5. The van der Waals surface area contributed by atoms with E-state index in [0.29, 0.717) is 23.0 Å². The second-order valence-electron chi connectivity index (χ2n) is 4.82. The second-order valence-corrected chi connectivity index (χ2v) is 5.23. The molecule has 0 radical (unpaired) electrons. The van der Waals surface area contributed by atoms with Crippen LogP contribution in [-0.2, 0) is 6.18 Å². The number of hydrogen-bond acceptors (Lipinski definition) is 2. The molecule has 0 saturated carbocycles. The molecule has 2 aromatic carbocycles. The van der Waals surface area contributed by atoms with Gasteiger partial charge in [0.2, 0.25) is 0 Å².